The molecule has 2 fully saturated rings. The highest BCUT2D eigenvalue weighted by Gasteiger charge is 2.41. The minimum absolute atomic E-state index is 0.107. The summed E-state index contributed by atoms with van der Waals surface area (Å²) in [6, 6.07) is 15.1. The SMILES string of the molecule is NC(=O)c1ccccc1CCCN1CC2CN(C(=O)c3cccc4occc34)C[C@@H]2C1. The van der Waals surface area contributed by atoms with Gasteiger partial charge in [-0.05, 0) is 61.1 Å². The number of aryl methyl sites for hydroxylation is 1. The number of furan rings is 1. The van der Waals surface area contributed by atoms with Gasteiger partial charge in [0, 0.05) is 37.1 Å². The molecular weight excluding hydrogens is 390 g/mol. The lowest BCUT2D eigenvalue weighted by Gasteiger charge is -2.22. The molecule has 3 heterocycles. The Kier molecular flexibility index (Phi) is 5.24. The van der Waals surface area contributed by atoms with E-state index in [4.69, 9.17) is 10.2 Å². The zero-order valence-electron chi connectivity index (χ0n) is 17.5. The van der Waals surface area contributed by atoms with Crippen LogP contribution in [0.15, 0.2) is 59.2 Å². The third-order valence-corrected chi connectivity index (χ3v) is 6.78. The van der Waals surface area contributed by atoms with Crippen LogP contribution < -0.4 is 5.73 Å². The van der Waals surface area contributed by atoms with Crippen molar-refractivity contribution >= 4 is 22.8 Å². The number of hydrogen-bond acceptors (Lipinski definition) is 4. The highest BCUT2D eigenvalue weighted by Crippen LogP contribution is 2.33. The van der Waals surface area contributed by atoms with Crippen molar-refractivity contribution in [2.24, 2.45) is 17.6 Å². The topological polar surface area (TPSA) is 79.8 Å². The van der Waals surface area contributed by atoms with E-state index < -0.39 is 0 Å². The lowest BCUT2D eigenvalue weighted by molar-refractivity contribution is 0.0775. The second-order valence-electron chi connectivity index (χ2n) is 8.75. The first-order chi connectivity index (χ1) is 15.1. The summed E-state index contributed by atoms with van der Waals surface area (Å²) < 4.78 is 5.45. The average Bonchev–Trinajstić information content (AvgIpc) is 3.48. The van der Waals surface area contributed by atoms with E-state index in [1.807, 2.05) is 47.4 Å². The molecule has 160 valence electrons. The first-order valence-electron chi connectivity index (χ1n) is 11.0. The van der Waals surface area contributed by atoms with Crippen molar-refractivity contribution in [2.75, 3.05) is 32.7 Å². The standard InChI is InChI=1S/C25H27N3O3/c26-24(29)20-7-2-1-5-17(20)6-4-11-27-13-18-15-28(16-19(18)14-27)25(30)22-8-3-9-23-21(22)10-12-31-23/h1-3,5,7-10,12,18-19H,4,6,11,13-16H2,(H2,26,29)/t18-,19?/m0/s1. The van der Waals surface area contributed by atoms with E-state index in [0.717, 1.165) is 67.7 Å². The van der Waals surface area contributed by atoms with Crippen LogP contribution in [0.1, 0.15) is 32.7 Å². The third kappa shape index (κ3) is 3.83. The summed E-state index contributed by atoms with van der Waals surface area (Å²) in [4.78, 5) is 29.2. The second kappa shape index (κ2) is 8.19. The molecule has 0 spiro atoms. The largest absolute Gasteiger partial charge is 0.464 e. The highest BCUT2D eigenvalue weighted by atomic mass is 16.3. The van der Waals surface area contributed by atoms with Gasteiger partial charge < -0.3 is 20.0 Å². The molecule has 0 radical (unpaired) electrons. The van der Waals surface area contributed by atoms with E-state index >= 15 is 0 Å². The zero-order chi connectivity index (χ0) is 21.4. The van der Waals surface area contributed by atoms with E-state index in [-0.39, 0.29) is 11.8 Å². The summed E-state index contributed by atoms with van der Waals surface area (Å²) in [5, 5.41) is 0.891. The van der Waals surface area contributed by atoms with Crippen LogP contribution in [-0.4, -0.2) is 54.3 Å². The van der Waals surface area contributed by atoms with E-state index in [1.54, 1.807) is 12.3 Å². The summed E-state index contributed by atoms with van der Waals surface area (Å²) in [5.74, 6) is 0.814. The molecule has 2 aliphatic heterocycles. The number of carbonyl (C=O) groups excluding carboxylic acids is 2. The first-order valence-corrected chi connectivity index (χ1v) is 11.0. The van der Waals surface area contributed by atoms with Crippen LogP contribution in [0, 0.1) is 11.8 Å². The van der Waals surface area contributed by atoms with E-state index in [2.05, 4.69) is 4.90 Å². The Labute approximate surface area is 181 Å². The molecule has 2 aromatic carbocycles. The quantitative estimate of drug-likeness (QED) is 0.668. The van der Waals surface area contributed by atoms with Gasteiger partial charge >= 0.3 is 0 Å². The number of likely N-dealkylation sites (tertiary alicyclic amines) is 2. The van der Waals surface area contributed by atoms with Gasteiger partial charge in [0.25, 0.3) is 5.91 Å². The zero-order valence-corrected chi connectivity index (χ0v) is 17.5. The molecule has 31 heavy (non-hydrogen) atoms. The van der Waals surface area contributed by atoms with Gasteiger partial charge in [-0.3, -0.25) is 9.59 Å². The van der Waals surface area contributed by atoms with Gasteiger partial charge in [-0.1, -0.05) is 24.3 Å². The fraction of sp³-hybridized carbons (Fsp3) is 0.360. The molecule has 2 amide bonds. The van der Waals surface area contributed by atoms with Crippen molar-refractivity contribution < 1.29 is 14.0 Å². The Morgan fingerprint density at radius 1 is 0.935 bits per heavy atom. The molecule has 6 heteroatoms. The average molecular weight is 418 g/mol. The van der Waals surface area contributed by atoms with Crippen LogP contribution in [0.4, 0.5) is 0 Å². The summed E-state index contributed by atoms with van der Waals surface area (Å²) in [5.41, 5.74) is 8.63. The minimum atomic E-state index is -0.359. The summed E-state index contributed by atoms with van der Waals surface area (Å²) in [6.45, 7) is 4.70. The summed E-state index contributed by atoms with van der Waals surface area (Å²) >= 11 is 0. The second-order valence-corrected chi connectivity index (χ2v) is 8.75. The van der Waals surface area contributed by atoms with Crippen molar-refractivity contribution in [1.29, 1.82) is 0 Å². The van der Waals surface area contributed by atoms with Crippen LogP contribution in [0.2, 0.25) is 0 Å². The first kappa shape index (κ1) is 19.8. The van der Waals surface area contributed by atoms with E-state index in [9.17, 15) is 9.59 Å². The predicted octanol–water partition coefficient (Wildman–Crippen LogP) is 3.17. The Hall–Kier alpha value is -3.12. The molecular formula is C25H27N3O3. The number of amides is 2. The molecule has 2 atom stereocenters. The fourth-order valence-electron chi connectivity index (χ4n) is 5.26. The lowest BCUT2D eigenvalue weighted by atomic mass is 10.0. The number of primary amides is 1. The minimum Gasteiger partial charge on any atom is -0.464 e. The highest BCUT2D eigenvalue weighted by molar-refractivity contribution is 6.06. The summed E-state index contributed by atoms with van der Waals surface area (Å²) in [7, 11) is 0. The molecule has 1 aromatic heterocycles. The van der Waals surface area contributed by atoms with Crippen LogP contribution >= 0.6 is 0 Å². The smallest absolute Gasteiger partial charge is 0.254 e. The van der Waals surface area contributed by atoms with Gasteiger partial charge in [0.15, 0.2) is 0 Å². The molecule has 0 aliphatic carbocycles. The van der Waals surface area contributed by atoms with Gasteiger partial charge in [0.05, 0.1) is 11.8 Å². The Morgan fingerprint density at radius 3 is 2.45 bits per heavy atom. The van der Waals surface area contributed by atoms with Crippen LogP contribution in [0.25, 0.3) is 11.0 Å². The third-order valence-electron chi connectivity index (χ3n) is 6.78. The monoisotopic (exact) mass is 417 g/mol. The normalized spacial score (nSPS) is 21.0. The van der Waals surface area contributed by atoms with E-state index in [0.29, 0.717) is 17.4 Å². The maximum Gasteiger partial charge on any atom is 0.254 e. The van der Waals surface area contributed by atoms with Crippen LogP contribution in [0.3, 0.4) is 0 Å². The molecule has 0 saturated carbocycles. The molecule has 0 bridgehead atoms. The molecule has 5 rings (SSSR count). The number of fused-ring (bicyclic) bond motifs is 2. The Morgan fingerprint density at radius 2 is 1.68 bits per heavy atom. The Bertz CT molecular complexity index is 1110. The van der Waals surface area contributed by atoms with Crippen molar-refractivity contribution in [1.82, 2.24) is 9.80 Å². The maximum atomic E-state index is 13.1. The van der Waals surface area contributed by atoms with E-state index in [1.165, 1.54) is 0 Å². The molecule has 6 nitrogen and oxygen atoms in total. The Balaban J connectivity index is 1.15. The van der Waals surface area contributed by atoms with Gasteiger partial charge in [-0.2, -0.15) is 0 Å². The summed E-state index contributed by atoms with van der Waals surface area (Å²) in [6.07, 6.45) is 3.49. The molecule has 2 saturated heterocycles. The van der Waals surface area contributed by atoms with Gasteiger partial charge in [0.1, 0.15) is 5.58 Å². The number of nitrogens with zero attached hydrogens (tertiary/aromatic N) is 2. The number of rotatable bonds is 6. The molecule has 1 unspecified atom stereocenters. The van der Waals surface area contributed by atoms with Gasteiger partial charge in [-0.15, -0.1) is 0 Å². The number of benzene rings is 2. The fourth-order valence-corrected chi connectivity index (χ4v) is 5.26. The van der Waals surface area contributed by atoms with Crippen molar-refractivity contribution in [2.45, 2.75) is 12.8 Å². The molecule has 2 aliphatic rings. The molecule has 3 aromatic rings. The predicted molar refractivity (Wildman–Crippen MR) is 119 cm³/mol. The lowest BCUT2D eigenvalue weighted by Crippen LogP contribution is -2.33. The number of hydrogen-bond donors (Lipinski definition) is 1. The van der Waals surface area contributed by atoms with Crippen molar-refractivity contribution in [3.05, 3.63) is 71.5 Å². The number of carbonyl (C=O) groups is 2. The van der Waals surface area contributed by atoms with Gasteiger partial charge in [-0.25, -0.2) is 0 Å². The van der Waals surface area contributed by atoms with Crippen molar-refractivity contribution in [3.63, 3.8) is 0 Å². The number of nitrogens with two attached hydrogens (primary N) is 1. The van der Waals surface area contributed by atoms with Crippen molar-refractivity contribution in [3.8, 4) is 0 Å². The van der Waals surface area contributed by atoms with Crippen LogP contribution in [-0.2, 0) is 6.42 Å². The van der Waals surface area contributed by atoms with Crippen LogP contribution in [0.5, 0.6) is 0 Å². The maximum absolute atomic E-state index is 13.1. The van der Waals surface area contributed by atoms with Gasteiger partial charge in [0.2, 0.25) is 5.91 Å². The molecule has 2 N–H and O–H groups in total.